The van der Waals surface area contributed by atoms with E-state index in [4.69, 9.17) is 0 Å². The summed E-state index contributed by atoms with van der Waals surface area (Å²) in [4.78, 5) is 11.9. The molecule has 1 saturated heterocycles. The Morgan fingerprint density at radius 1 is 1.15 bits per heavy atom. The molecule has 0 aromatic heterocycles. The number of hydrogen-bond donors (Lipinski definition) is 1. The molecule has 0 radical (unpaired) electrons. The Morgan fingerprint density at radius 3 is 2.41 bits per heavy atom. The minimum Gasteiger partial charge on any atom is -0.349 e. The molecule has 1 N–H and O–H groups in total. The lowest BCUT2D eigenvalue weighted by molar-refractivity contribution is -0.117. The summed E-state index contributed by atoms with van der Waals surface area (Å²) in [5, 5.41) is 2.90. The van der Waals surface area contributed by atoms with Gasteiger partial charge in [0.2, 0.25) is 15.9 Å². The Balaban J connectivity index is 1.67. The predicted octanol–water partition coefficient (Wildman–Crippen LogP) is 3.44. The molecular weight excluding hydrogens is 360 g/mol. The quantitative estimate of drug-likeness (QED) is 0.783. The lowest BCUT2D eigenvalue weighted by Crippen LogP contribution is -2.51. The van der Waals surface area contributed by atoms with Crippen molar-refractivity contribution in [1.82, 2.24) is 9.62 Å². The molecule has 1 saturated carbocycles. The minimum absolute atomic E-state index is 0.0179. The Morgan fingerprint density at radius 2 is 1.81 bits per heavy atom. The van der Waals surface area contributed by atoms with Crippen molar-refractivity contribution >= 4 is 15.9 Å². The molecule has 1 aromatic rings. The second kappa shape index (κ2) is 8.57. The first-order valence-corrected chi connectivity index (χ1v) is 11.4. The number of carbonyl (C=O) groups excluding carboxylic acids is 1. The number of carbonyl (C=O) groups is 1. The number of rotatable bonds is 5. The first kappa shape index (κ1) is 20.1. The van der Waals surface area contributed by atoms with Crippen molar-refractivity contribution in [3.8, 4) is 0 Å². The summed E-state index contributed by atoms with van der Waals surface area (Å²) in [6, 6.07) is 7.48. The van der Waals surface area contributed by atoms with E-state index in [0.29, 0.717) is 30.3 Å². The van der Waals surface area contributed by atoms with Crippen LogP contribution in [0.2, 0.25) is 0 Å². The molecular formula is C21H30N2O3S. The number of nitrogens with one attached hydrogen (secondary N) is 1. The van der Waals surface area contributed by atoms with Crippen LogP contribution in [-0.2, 0) is 14.8 Å². The van der Waals surface area contributed by atoms with Crippen LogP contribution < -0.4 is 5.32 Å². The molecule has 2 atom stereocenters. The Hall–Kier alpha value is -1.66. The maximum Gasteiger partial charge on any atom is 0.243 e. The highest BCUT2D eigenvalue weighted by molar-refractivity contribution is 7.89. The lowest BCUT2D eigenvalue weighted by Gasteiger charge is -2.36. The Kier molecular flexibility index (Phi) is 6.37. The van der Waals surface area contributed by atoms with Crippen molar-refractivity contribution in [2.24, 2.45) is 5.92 Å². The summed E-state index contributed by atoms with van der Waals surface area (Å²) in [5.74, 6) is 0.417. The summed E-state index contributed by atoms with van der Waals surface area (Å²) in [7, 11) is -3.50. The van der Waals surface area contributed by atoms with Crippen LogP contribution in [0.15, 0.2) is 41.8 Å². The smallest absolute Gasteiger partial charge is 0.243 e. The standard InChI is InChI=1S/C21H30N2O3S/c1-3-21(24)22-20-13-14-23(15-16(20)2)27(25,26)19-11-9-18(10-12-19)17-7-5-4-6-8-17/h3,9-12,16-17,20H,1,4-8,13-15H2,2H3,(H,22,24). The van der Waals surface area contributed by atoms with E-state index in [2.05, 4.69) is 11.9 Å². The Bertz CT molecular complexity index is 767. The van der Waals surface area contributed by atoms with Crippen molar-refractivity contribution in [2.75, 3.05) is 13.1 Å². The van der Waals surface area contributed by atoms with E-state index in [1.54, 1.807) is 16.4 Å². The number of sulfonamides is 1. The van der Waals surface area contributed by atoms with Crippen molar-refractivity contribution in [1.29, 1.82) is 0 Å². The average Bonchev–Trinajstić information content (AvgIpc) is 2.70. The van der Waals surface area contributed by atoms with Gasteiger partial charge in [-0.1, -0.05) is 44.9 Å². The lowest BCUT2D eigenvalue weighted by atomic mass is 9.84. The molecule has 3 rings (SSSR count). The molecule has 148 valence electrons. The van der Waals surface area contributed by atoms with Gasteiger partial charge in [0.25, 0.3) is 0 Å². The zero-order chi connectivity index (χ0) is 19.4. The van der Waals surface area contributed by atoms with Gasteiger partial charge >= 0.3 is 0 Å². The van der Waals surface area contributed by atoms with Crippen molar-refractivity contribution < 1.29 is 13.2 Å². The van der Waals surface area contributed by atoms with Gasteiger partial charge in [-0.25, -0.2) is 8.42 Å². The fraction of sp³-hybridized carbons (Fsp3) is 0.571. The van der Waals surface area contributed by atoms with Crippen LogP contribution in [0.25, 0.3) is 0 Å². The van der Waals surface area contributed by atoms with Crippen LogP contribution in [0.4, 0.5) is 0 Å². The Labute approximate surface area is 162 Å². The summed E-state index contributed by atoms with van der Waals surface area (Å²) in [5.41, 5.74) is 1.26. The molecule has 1 heterocycles. The molecule has 2 unspecified atom stereocenters. The molecule has 1 amide bonds. The number of piperidine rings is 1. The average molecular weight is 391 g/mol. The molecule has 0 bridgehead atoms. The highest BCUT2D eigenvalue weighted by Gasteiger charge is 2.34. The van der Waals surface area contributed by atoms with Gasteiger partial charge in [0, 0.05) is 19.1 Å². The molecule has 1 aliphatic heterocycles. The SMILES string of the molecule is C=CC(=O)NC1CCN(S(=O)(=O)c2ccc(C3CCCCC3)cc2)CC1C. The van der Waals surface area contributed by atoms with Crippen LogP contribution in [0.5, 0.6) is 0 Å². The van der Waals surface area contributed by atoms with Crippen LogP contribution in [-0.4, -0.2) is 37.8 Å². The van der Waals surface area contributed by atoms with E-state index in [-0.39, 0.29) is 17.9 Å². The van der Waals surface area contributed by atoms with Gasteiger partial charge < -0.3 is 5.32 Å². The zero-order valence-electron chi connectivity index (χ0n) is 16.1. The van der Waals surface area contributed by atoms with Gasteiger partial charge in [-0.05, 0) is 54.9 Å². The third-order valence-corrected chi connectivity index (χ3v) is 7.85. The van der Waals surface area contributed by atoms with Gasteiger partial charge in [0.1, 0.15) is 0 Å². The molecule has 2 aliphatic rings. The summed E-state index contributed by atoms with van der Waals surface area (Å²) >= 11 is 0. The molecule has 1 aromatic carbocycles. The fourth-order valence-corrected chi connectivity index (χ4v) is 5.83. The number of nitrogens with zero attached hydrogens (tertiary/aromatic N) is 1. The third kappa shape index (κ3) is 4.61. The van der Waals surface area contributed by atoms with E-state index in [1.165, 1.54) is 43.7 Å². The topological polar surface area (TPSA) is 66.5 Å². The normalized spacial score (nSPS) is 25.1. The molecule has 5 nitrogen and oxygen atoms in total. The van der Waals surface area contributed by atoms with E-state index in [0.717, 1.165) is 0 Å². The van der Waals surface area contributed by atoms with Gasteiger partial charge in [-0.2, -0.15) is 4.31 Å². The van der Waals surface area contributed by atoms with Gasteiger partial charge in [0.15, 0.2) is 0 Å². The first-order valence-electron chi connectivity index (χ1n) is 9.95. The van der Waals surface area contributed by atoms with E-state index in [9.17, 15) is 13.2 Å². The third-order valence-electron chi connectivity index (χ3n) is 5.98. The molecule has 0 spiro atoms. The van der Waals surface area contributed by atoms with Gasteiger partial charge in [-0.3, -0.25) is 4.79 Å². The highest BCUT2D eigenvalue weighted by Crippen LogP contribution is 2.33. The van der Waals surface area contributed by atoms with E-state index in [1.807, 2.05) is 19.1 Å². The second-order valence-electron chi connectivity index (χ2n) is 7.85. The van der Waals surface area contributed by atoms with Crippen molar-refractivity contribution in [2.45, 2.75) is 62.3 Å². The maximum atomic E-state index is 13.0. The molecule has 1 aliphatic carbocycles. The summed E-state index contributed by atoms with van der Waals surface area (Å²) in [6.07, 6.45) is 8.11. The largest absolute Gasteiger partial charge is 0.349 e. The summed E-state index contributed by atoms with van der Waals surface area (Å²) in [6.45, 7) is 6.27. The number of hydrogen-bond acceptors (Lipinski definition) is 3. The van der Waals surface area contributed by atoms with Gasteiger partial charge in [0.05, 0.1) is 4.90 Å². The number of benzene rings is 1. The number of amides is 1. The van der Waals surface area contributed by atoms with Crippen LogP contribution in [0.3, 0.4) is 0 Å². The summed E-state index contributed by atoms with van der Waals surface area (Å²) < 4.78 is 27.6. The zero-order valence-corrected chi connectivity index (χ0v) is 16.9. The van der Waals surface area contributed by atoms with E-state index < -0.39 is 10.0 Å². The monoisotopic (exact) mass is 390 g/mol. The maximum absolute atomic E-state index is 13.0. The molecule has 27 heavy (non-hydrogen) atoms. The first-order chi connectivity index (χ1) is 12.9. The van der Waals surface area contributed by atoms with Crippen molar-refractivity contribution in [3.05, 3.63) is 42.5 Å². The molecule has 6 heteroatoms. The fourth-order valence-electron chi connectivity index (χ4n) is 4.28. The molecule has 2 fully saturated rings. The van der Waals surface area contributed by atoms with Crippen LogP contribution in [0, 0.1) is 5.92 Å². The van der Waals surface area contributed by atoms with Gasteiger partial charge in [-0.15, -0.1) is 0 Å². The minimum atomic E-state index is -3.50. The van der Waals surface area contributed by atoms with Crippen LogP contribution in [0.1, 0.15) is 56.9 Å². The van der Waals surface area contributed by atoms with Crippen molar-refractivity contribution in [3.63, 3.8) is 0 Å². The van der Waals surface area contributed by atoms with E-state index >= 15 is 0 Å². The van der Waals surface area contributed by atoms with Crippen LogP contribution >= 0.6 is 0 Å². The highest BCUT2D eigenvalue weighted by atomic mass is 32.2. The predicted molar refractivity (Wildman–Crippen MR) is 107 cm³/mol. The second-order valence-corrected chi connectivity index (χ2v) is 9.79.